The molecule has 0 heterocycles. The van der Waals surface area contributed by atoms with Gasteiger partial charge in [0.25, 0.3) is 0 Å². The average molecular weight is 370 g/mol. The molecule has 0 bridgehead atoms. The van der Waals surface area contributed by atoms with E-state index >= 15 is 0 Å². The third kappa shape index (κ3) is 21.4. The van der Waals surface area contributed by atoms with Gasteiger partial charge in [0.2, 0.25) is 0 Å². The van der Waals surface area contributed by atoms with Gasteiger partial charge in [0.1, 0.15) is 0 Å². The zero-order valence-electron chi connectivity index (χ0n) is 15.2. The molecule has 0 aromatic heterocycles. The molecule has 0 radical (unpaired) electrons. The van der Waals surface area contributed by atoms with Crippen molar-refractivity contribution in [2.45, 2.75) is 26.2 Å². The molecule has 0 aromatic carbocycles. The first-order chi connectivity index (χ1) is 9.85. The molecule has 0 amide bonds. The predicted octanol–water partition coefficient (Wildman–Crippen LogP) is -13.0. The van der Waals surface area contributed by atoms with Gasteiger partial charge in [-0.1, -0.05) is 19.8 Å². The largest absolute Gasteiger partial charge is 1.00 e. The second-order valence-electron chi connectivity index (χ2n) is 4.81. The summed E-state index contributed by atoms with van der Waals surface area (Å²) in [4.78, 5) is 34.5. The average Bonchev–Trinajstić information content (AvgIpc) is 2.33. The van der Waals surface area contributed by atoms with Crippen LogP contribution in [0.4, 0.5) is 0 Å². The van der Waals surface area contributed by atoms with Gasteiger partial charge in [-0.25, -0.2) is 0 Å². The zero-order valence-corrected chi connectivity index (χ0v) is 21.2. The van der Waals surface area contributed by atoms with Crippen LogP contribution in [0.15, 0.2) is 0 Å². The van der Waals surface area contributed by atoms with Crippen LogP contribution in [-0.2, 0) is 14.4 Å². The predicted molar refractivity (Wildman–Crippen MR) is 67.4 cm³/mol. The second kappa shape index (κ2) is 20.6. The maximum atomic E-state index is 10.7. The molecular formula is C13H21N2Na3O6. The number of aliphatic carboxylic acids is 3. The standard InChI is InChI=1S/C13H24N2O6.3Na/c1-2-3-4-5-14(8-11(16)17)6-7-15(9-12(18)19)10-13(20)21;;;/h2-10H2,1H3,(H,16,17)(H,18,19)(H,20,21);;;/q;3*+1/p-3. The summed E-state index contributed by atoms with van der Waals surface area (Å²) in [5.41, 5.74) is 0. The molecule has 0 unspecified atom stereocenters. The van der Waals surface area contributed by atoms with Crippen molar-refractivity contribution in [1.29, 1.82) is 0 Å². The van der Waals surface area contributed by atoms with Gasteiger partial charge in [0.05, 0.1) is 17.9 Å². The van der Waals surface area contributed by atoms with Gasteiger partial charge in [-0.2, -0.15) is 0 Å². The minimum atomic E-state index is -1.39. The molecule has 0 saturated heterocycles. The number of carboxylic acids is 3. The van der Waals surface area contributed by atoms with E-state index in [1.165, 1.54) is 0 Å². The van der Waals surface area contributed by atoms with Gasteiger partial charge >= 0.3 is 88.7 Å². The first-order valence-electron chi connectivity index (χ1n) is 6.89. The summed E-state index contributed by atoms with van der Waals surface area (Å²) in [6, 6.07) is 0. The summed E-state index contributed by atoms with van der Waals surface area (Å²) in [7, 11) is 0. The monoisotopic (exact) mass is 370 g/mol. The van der Waals surface area contributed by atoms with Crippen LogP contribution in [0.5, 0.6) is 0 Å². The molecule has 24 heavy (non-hydrogen) atoms. The van der Waals surface area contributed by atoms with Crippen LogP contribution in [0.3, 0.4) is 0 Å². The summed E-state index contributed by atoms with van der Waals surface area (Å²) >= 11 is 0. The van der Waals surface area contributed by atoms with Crippen LogP contribution in [0.1, 0.15) is 26.2 Å². The van der Waals surface area contributed by atoms with Crippen molar-refractivity contribution < 1.29 is 118 Å². The fourth-order valence-corrected chi connectivity index (χ4v) is 1.90. The fraction of sp³-hybridized carbons (Fsp3) is 0.769. The van der Waals surface area contributed by atoms with Crippen molar-refractivity contribution in [3.8, 4) is 0 Å². The molecule has 0 aromatic rings. The van der Waals surface area contributed by atoms with Crippen molar-refractivity contribution in [3.05, 3.63) is 0 Å². The number of carboxylic acid groups (broad SMARTS) is 3. The van der Waals surface area contributed by atoms with Gasteiger partial charge in [0.15, 0.2) is 0 Å². The number of hydrogen-bond donors (Lipinski definition) is 0. The second-order valence-corrected chi connectivity index (χ2v) is 4.81. The summed E-state index contributed by atoms with van der Waals surface area (Å²) in [6.45, 7) is 1.54. The topological polar surface area (TPSA) is 127 Å². The fourth-order valence-electron chi connectivity index (χ4n) is 1.90. The molecule has 0 spiro atoms. The third-order valence-corrected chi connectivity index (χ3v) is 2.87. The number of unbranched alkanes of at least 4 members (excludes halogenated alkanes) is 2. The van der Waals surface area contributed by atoms with Crippen LogP contribution in [0.2, 0.25) is 0 Å². The summed E-state index contributed by atoms with van der Waals surface area (Å²) in [6.07, 6.45) is 2.75. The Morgan fingerprint density at radius 2 is 1.04 bits per heavy atom. The Kier molecular flexibility index (Phi) is 28.3. The Labute approximate surface area is 209 Å². The van der Waals surface area contributed by atoms with Gasteiger partial charge in [-0.3, -0.25) is 9.80 Å². The van der Waals surface area contributed by atoms with E-state index < -0.39 is 31.0 Å². The van der Waals surface area contributed by atoms with Crippen molar-refractivity contribution in [2.75, 3.05) is 39.3 Å². The Bertz CT molecular complexity index is 345. The van der Waals surface area contributed by atoms with Crippen molar-refractivity contribution in [2.24, 2.45) is 0 Å². The molecule has 0 N–H and O–H groups in total. The number of carbonyl (C=O) groups excluding carboxylic acids is 3. The van der Waals surface area contributed by atoms with Crippen molar-refractivity contribution >= 4 is 17.9 Å². The maximum absolute atomic E-state index is 10.7. The zero-order chi connectivity index (χ0) is 16.3. The van der Waals surface area contributed by atoms with Crippen LogP contribution >= 0.6 is 0 Å². The van der Waals surface area contributed by atoms with Crippen LogP contribution in [-0.4, -0.2) is 67.0 Å². The van der Waals surface area contributed by atoms with E-state index in [0.717, 1.165) is 24.2 Å². The van der Waals surface area contributed by atoms with E-state index in [1.54, 1.807) is 4.90 Å². The van der Waals surface area contributed by atoms with Gasteiger partial charge in [-0.15, -0.1) is 0 Å². The minimum Gasteiger partial charge on any atom is -0.549 e. The number of nitrogens with zero attached hydrogens (tertiary/aromatic N) is 2. The molecule has 0 aliphatic rings. The van der Waals surface area contributed by atoms with E-state index in [2.05, 4.69) is 0 Å². The van der Waals surface area contributed by atoms with E-state index in [0.29, 0.717) is 6.54 Å². The number of hydrogen-bond acceptors (Lipinski definition) is 8. The Balaban J connectivity index is -0.000000667. The first-order valence-corrected chi connectivity index (χ1v) is 6.89. The Morgan fingerprint density at radius 3 is 1.42 bits per heavy atom. The molecule has 11 heteroatoms. The normalized spacial score (nSPS) is 9.62. The molecule has 0 aliphatic heterocycles. The van der Waals surface area contributed by atoms with Gasteiger partial charge in [0, 0.05) is 32.7 Å². The summed E-state index contributed by atoms with van der Waals surface area (Å²) in [5, 5.41) is 31.7. The maximum Gasteiger partial charge on any atom is 1.00 e. The van der Waals surface area contributed by atoms with Gasteiger partial charge < -0.3 is 29.7 Å². The molecule has 0 aliphatic carbocycles. The molecule has 0 fully saturated rings. The van der Waals surface area contributed by atoms with Crippen LogP contribution in [0, 0.1) is 0 Å². The van der Waals surface area contributed by atoms with Crippen molar-refractivity contribution in [1.82, 2.24) is 9.80 Å². The quantitative estimate of drug-likeness (QED) is 0.231. The molecule has 0 atom stereocenters. The SMILES string of the molecule is CCCCCN(CCN(CC(=O)[O-])CC(=O)[O-])CC(=O)[O-].[Na+].[Na+].[Na+]. The molecular weight excluding hydrogens is 349 g/mol. The van der Waals surface area contributed by atoms with E-state index in [4.69, 9.17) is 0 Å². The van der Waals surface area contributed by atoms with Crippen LogP contribution in [0.25, 0.3) is 0 Å². The molecule has 0 saturated carbocycles. The number of rotatable bonds is 13. The number of carbonyl (C=O) groups is 3. The Morgan fingerprint density at radius 1 is 0.667 bits per heavy atom. The van der Waals surface area contributed by atoms with E-state index in [9.17, 15) is 29.7 Å². The Hall–Kier alpha value is 1.33. The van der Waals surface area contributed by atoms with E-state index in [-0.39, 0.29) is 108 Å². The van der Waals surface area contributed by atoms with Crippen LogP contribution < -0.4 is 104 Å². The molecule has 0 rings (SSSR count). The first kappa shape index (κ1) is 33.0. The molecule has 8 nitrogen and oxygen atoms in total. The van der Waals surface area contributed by atoms with Crippen molar-refractivity contribution in [3.63, 3.8) is 0 Å². The molecule has 122 valence electrons. The minimum absolute atomic E-state index is 0. The summed E-state index contributed by atoms with van der Waals surface area (Å²) in [5.74, 6) is -4.01. The smallest absolute Gasteiger partial charge is 0.549 e. The summed E-state index contributed by atoms with van der Waals surface area (Å²) < 4.78 is 0. The third-order valence-electron chi connectivity index (χ3n) is 2.87. The van der Waals surface area contributed by atoms with Gasteiger partial charge in [-0.05, 0) is 13.0 Å². The van der Waals surface area contributed by atoms with E-state index in [1.807, 2.05) is 6.92 Å².